The fourth-order valence-electron chi connectivity index (χ4n) is 3.46. The molecule has 0 amide bonds. The minimum atomic E-state index is -0.451. The number of carbonyl (C=O) groups excluding carboxylic acids is 1. The van der Waals surface area contributed by atoms with Gasteiger partial charge in [-0.05, 0) is 30.2 Å². The predicted octanol–water partition coefficient (Wildman–Crippen LogP) is 3.36. The molecular weight excluding hydrogens is 368 g/mol. The van der Waals surface area contributed by atoms with Crippen molar-refractivity contribution in [1.29, 1.82) is 0 Å². The van der Waals surface area contributed by atoms with Crippen molar-refractivity contribution in [2.75, 3.05) is 19.0 Å². The number of ether oxygens (including phenoxy) is 2. The Morgan fingerprint density at radius 1 is 1.17 bits per heavy atom. The molecule has 0 bridgehead atoms. The van der Waals surface area contributed by atoms with Crippen LogP contribution in [-0.4, -0.2) is 34.5 Å². The number of anilines is 1. The number of nitrogens with zero attached hydrogens (tertiary/aromatic N) is 3. The van der Waals surface area contributed by atoms with Crippen molar-refractivity contribution in [3.8, 4) is 5.75 Å². The standard InChI is InChI=1S/C22H22N4O3/c1-15-19(21(27)29-12-11-16-7-4-3-5-8-16)20(26-22(25-15)23-14-24-26)17-9-6-10-18(13-17)28-2/h3-10,13-14,20H,11-12H2,1-2H3,(H,23,24,25). The highest BCUT2D eigenvalue weighted by molar-refractivity contribution is 5.92. The molecule has 1 atom stereocenters. The average molecular weight is 390 g/mol. The molecule has 29 heavy (non-hydrogen) atoms. The number of esters is 1. The van der Waals surface area contributed by atoms with E-state index >= 15 is 0 Å². The van der Waals surface area contributed by atoms with Gasteiger partial charge in [0.05, 0.1) is 19.3 Å². The van der Waals surface area contributed by atoms with Gasteiger partial charge in [0.1, 0.15) is 18.1 Å². The number of aromatic nitrogens is 3. The number of nitrogens with one attached hydrogen (secondary N) is 1. The van der Waals surface area contributed by atoms with Crippen LogP contribution in [0.4, 0.5) is 5.95 Å². The molecule has 148 valence electrons. The molecule has 7 heteroatoms. The van der Waals surface area contributed by atoms with Gasteiger partial charge in [0.15, 0.2) is 0 Å². The number of hydrogen-bond acceptors (Lipinski definition) is 6. The van der Waals surface area contributed by atoms with E-state index in [0.717, 1.165) is 11.1 Å². The Hall–Kier alpha value is -3.61. The summed E-state index contributed by atoms with van der Waals surface area (Å²) < 4.78 is 12.7. The van der Waals surface area contributed by atoms with Gasteiger partial charge in [-0.3, -0.25) is 0 Å². The average Bonchev–Trinajstić information content (AvgIpc) is 3.21. The molecule has 4 rings (SSSR count). The van der Waals surface area contributed by atoms with Crippen LogP contribution in [0, 0.1) is 0 Å². The Morgan fingerprint density at radius 3 is 2.79 bits per heavy atom. The number of rotatable bonds is 6. The summed E-state index contributed by atoms with van der Waals surface area (Å²) >= 11 is 0. The molecule has 2 aromatic carbocycles. The Morgan fingerprint density at radius 2 is 2.00 bits per heavy atom. The highest BCUT2D eigenvalue weighted by atomic mass is 16.5. The highest BCUT2D eigenvalue weighted by Crippen LogP contribution is 2.36. The van der Waals surface area contributed by atoms with E-state index in [1.165, 1.54) is 6.33 Å². The maximum absolute atomic E-state index is 13.1. The van der Waals surface area contributed by atoms with Crippen LogP contribution in [0.5, 0.6) is 5.75 Å². The molecule has 1 aromatic heterocycles. The fourth-order valence-corrected chi connectivity index (χ4v) is 3.46. The Balaban J connectivity index is 1.61. The van der Waals surface area contributed by atoms with Crippen molar-refractivity contribution in [1.82, 2.24) is 14.8 Å². The van der Waals surface area contributed by atoms with Gasteiger partial charge < -0.3 is 14.8 Å². The lowest BCUT2D eigenvalue weighted by Gasteiger charge is -2.28. The van der Waals surface area contributed by atoms with Crippen molar-refractivity contribution < 1.29 is 14.3 Å². The van der Waals surface area contributed by atoms with E-state index in [2.05, 4.69) is 15.4 Å². The number of benzene rings is 2. The fraction of sp³-hybridized carbons (Fsp3) is 0.227. The van der Waals surface area contributed by atoms with Gasteiger partial charge in [-0.25, -0.2) is 9.48 Å². The highest BCUT2D eigenvalue weighted by Gasteiger charge is 2.34. The molecule has 0 radical (unpaired) electrons. The van der Waals surface area contributed by atoms with Gasteiger partial charge >= 0.3 is 5.97 Å². The van der Waals surface area contributed by atoms with Gasteiger partial charge in [-0.1, -0.05) is 42.5 Å². The van der Waals surface area contributed by atoms with Gasteiger partial charge in [0.25, 0.3) is 0 Å². The molecule has 1 aliphatic rings. The van der Waals surface area contributed by atoms with Crippen LogP contribution in [-0.2, 0) is 16.0 Å². The lowest BCUT2D eigenvalue weighted by atomic mass is 9.95. The maximum Gasteiger partial charge on any atom is 0.338 e. The zero-order valence-electron chi connectivity index (χ0n) is 16.3. The minimum Gasteiger partial charge on any atom is -0.497 e. The molecule has 3 aromatic rings. The molecule has 1 N–H and O–H groups in total. The molecule has 0 saturated heterocycles. The van der Waals surface area contributed by atoms with Crippen LogP contribution in [0.3, 0.4) is 0 Å². The third-order valence-electron chi connectivity index (χ3n) is 4.89. The summed E-state index contributed by atoms with van der Waals surface area (Å²) in [6, 6.07) is 17.1. The van der Waals surface area contributed by atoms with E-state index in [9.17, 15) is 4.79 Å². The quantitative estimate of drug-likeness (QED) is 0.650. The largest absolute Gasteiger partial charge is 0.497 e. The summed E-state index contributed by atoms with van der Waals surface area (Å²) in [5.41, 5.74) is 3.19. The molecule has 0 fully saturated rings. The summed E-state index contributed by atoms with van der Waals surface area (Å²) in [5.74, 6) is 0.910. The summed E-state index contributed by atoms with van der Waals surface area (Å²) in [7, 11) is 1.61. The van der Waals surface area contributed by atoms with Gasteiger partial charge in [0.2, 0.25) is 5.95 Å². The van der Waals surface area contributed by atoms with Crippen molar-refractivity contribution in [3.05, 3.63) is 83.3 Å². The van der Waals surface area contributed by atoms with Crippen molar-refractivity contribution in [2.45, 2.75) is 19.4 Å². The Labute approximate surface area is 169 Å². The van der Waals surface area contributed by atoms with Gasteiger partial charge in [-0.15, -0.1) is 0 Å². The SMILES string of the molecule is COc1cccc(C2C(C(=O)OCCc3ccccc3)=C(C)Nc3ncnn32)c1. The first-order valence-corrected chi connectivity index (χ1v) is 9.39. The summed E-state index contributed by atoms with van der Waals surface area (Å²) in [6.45, 7) is 2.15. The molecule has 1 aliphatic heterocycles. The van der Waals surface area contributed by atoms with E-state index in [1.807, 2.05) is 61.5 Å². The van der Waals surface area contributed by atoms with Crippen LogP contribution < -0.4 is 10.1 Å². The van der Waals surface area contributed by atoms with Crippen molar-refractivity contribution in [3.63, 3.8) is 0 Å². The topological polar surface area (TPSA) is 78.3 Å². The summed E-state index contributed by atoms with van der Waals surface area (Å²) in [4.78, 5) is 17.3. The smallest absolute Gasteiger partial charge is 0.338 e. The molecule has 0 spiro atoms. The third kappa shape index (κ3) is 3.85. The van der Waals surface area contributed by atoms with E-state index < -0.39 is 6.04 Å². The molecule has 7 nitrogen and oxygen atoms in total. The van der Waals surface area contributed by atoms with Crippen LogP contribution in [0.1, 0.15) is 24.1 Å². The third-order valence-corrected chi connectivity index (χ3v) is 4.89. The van der Waals surface area contributed by atoms with Gasteiger partial charge in [-0.2, -0.15) is 10.1 Å². The number of allylic oxidation sites excluding steroid dienone is 1. The maximum atomic E-state index is 13.1. The molecule has 0 aliphatic carbocycles. The summed E-state index contributed by atoms with van der Waals surface area (Å²) in [5, 5.41) is 7.47. The normalized spacial score (nSPS) is 15.4. The summed E-state index contributed by atoms with van der Waals surface area (Å²) in [6.07, 6.45) is 2.12. The first kappa shape index (κ1) is 18.7. The predicted molar refractivity (Wildman–Crippen MR) is 109 cm³/mol. The lowest BCUT2D eigenvalue weighted by Crippen LogP contribution is -2.30. The first-order chi connectivity index (χ1) is 14.2. The molecule has 2 heterocycles. The van der Waals surface area contributed by atoms with E-state index in [1.54, 1.807) is 11.8 Å². The number of methoxy groups -OCH3 is 1. The monoisotopic (exact) mass is 390 g/mol. The molecular formula is C22H22N4O3. The van der Waals surface area contributed by atoms with Crippen LogP contribution in [0.15, 0.2) is 72.2 Å². The van der Waals surface area contributed by atoms with E-state index in [0.29, 0.717) is 36.0 Å². The van der Waals surface area contributed by atoms with Crippen LogP contribution in [0.2, 0.25) is 0 Å². The second-order valence-electron chi connectivity index (χ2n) is 6.74. The van der Waals surface area contributed by atoms with Gasteiger partial charge in [0, 0.05) is 12.1 Å². The molecule has 1 unspecified atom stereocenters. The van der Waals surface area contributed by atoms with Crippen LogP contribution >= 0.6 is 0 Å². The van der Waals surface area contributed by atoms with Crippen molar-refractivity contribution >= 4 is 11.9 Å². The van der Waals surface area contributed by atoms with E-state index in [-0.39, 0.29) is 5.97 Å². The van der Waals surface area contributed by atoms with Crippen molar-refractivity contribution in [2.24, 2.45) is 0 Å². The minimum absolute atomic E-state index is 0.300. The van der Waals surface area contributed by atoms with Crippen LogP contribution in [0.25, 0.3) is 0 Å². The Kier molecular flexibility index (Phi) is 5.29. The first-order valence-electron chi connectivity index (χ1n) is 9.39. The zero-order chi connectivity index (χ0) is 20.2. The number of fused-ring (bicyclic) bond motifs is 1. The second-order valence-corrected chi connectivity index (χ2v) is 6.74. The number of hydrogen-bond donors (Lipinski definition) is 1. The van der Waals surface area contributed by atoms with E-state index in [4.69, 9.17) is 9.47 Å². The second kappa shape index (κ2) is 8.18. The lowest BCUT2D eigenvalue weighted by molar-refractivity contribution is -0.139. The Bertz CT molecular complexity index is 1040. The number of carbonyl (C=O) groups is 1. The zero-order valence-corrected chi connectivity index (χ0v) is 16.3. The molecule has 0 saturated carbocycles.